The van der Waals surface area contributed by atoms with Crippen molar-refractivity contribution in [2.45, 2.75) is 58.9 Å². The largest absolute Gasteiger partial charge is 0.299 e. The predicted octanol–water partition coefficient (Wildman–Crippen LogP) is 2.80. The molecule has 18 heavy (non-hydrogen) atoms. The first kappa shape index (κ1) is 13.2. The summed E-state index contributed by atoms with van der Waals surface area (Å²) in [6.07, 6.45) is 6.55. The van der Waals surface area contributed by atoms with Crippen LogP contribution in [-0.4, -0.2) is 20.5 Å². The third kappa shape index (κ3) is 2.98. The van der Waals surface area contributed by atoms with E-state index in [1.54, 1.807) is 6.33 Å². The Morgan fingerprint density at radius 1 is 1.50 bits per heavy atom. The average molecular weight is 249 g/mol. The third-order valence-electron chi connectivity index (χ3n) is 3.86. The molecule has 100 valence electrons. The Labute approximate surface area is 109 Å². The zero-order valence-corrected chi connectivity index (χ0v) is 11.6. The molecule has 1 aliphatic rings. The highest BCUT2D eigenvalue weighted by Crippen LogP contribution is 2.29. The molecule has 0 aliphatic heterocycles. The molecular weight excluding hydrogens is 226 g/mol. The number of Topliss-reactive ketones (excluding diaryl/α,β-unsaturated/α-hetero) is 1. The van der Waals surface area contributed by atoms with Crippen LogP contribution in [0.5, 0.6) is 0 Å². The lowest BCUT2D eigenvalue weighted by molar-refractivity contribution is -0.123. The summed E-state index contributed by atoms with van der Waals surface area (Å²) in [5.74, 6) is 2.09. The second-order valence-corrected chi connectivity index (χ2v) is 5.83. The van der Waals surface area contributed by atoms with Crippen molar-refractivity contribution in [3.63, 3.8) is 0 Å². The van der Waals surface area contributed by atoms with Crippen molar-refractivity contribution >= 4 is 5.78 Å². The van der Waals surface area contributed by atoms with Crippen molar-refractivity contribution < 1.29 is 4.79 Å². The van der Waals surface area contributed by atoms with E-state index < -0.39 is 0 Å². The molecule has 2 rings (SSSR count). The van der Waals surface area contributed by atoms with Crippen LogP contribution in [0.2, 0.25) is 0 Å². The number of rotatable bonds is 4. The predicted molar refractivity (Wildman–Crippen MR) is 70.2 cm³/mol. The van der Waals surface area contributed by atoms with E-state index in [-0.39, 0.29) is 12.0 Å². The second kappa shape index (κ2) is 5.63. The minimum Gasteiger partial charge on any atom is -0.299 e. The number of nitrogens with zero attached hydrogens (tertiary/aromatic N) is 3. The summed E-state index contributed by atoms with van der Waals surface area (Å²) in [6.45, 7) is 6.37. The van der Waals surface area contributed by atoms with Gasteiger partial charge in [0.25, 0.3) is 0 Å². The highest BCUT2D eigenvalue weighted by molar-refractivity contribution is 5.82. The van der Waals surface area contributed by atoms with Gasteiger partial charge in [-0.3, -0.25) is 4.79 Å². The van der Waals surface area contributed by atoms with Crippen molar-refractivity contribution in [3.05, 3.63) is 12.2 Å². The summed E-state index contributed by atoms with van der Waals surface area (Å²) < 4.78 is 1.85. The Bertz CT molecular complexity index is 411. The van der Waals surface area contributed by atoms with Gasteiger partial charge in [0.2, 0.25) is 0 Å². The molecule has 1 saturated carbocycles. The monoisotopic (exact) mass is 249 g/mol. The molecule has 4 nitrogen and oxygen atoms in total. The molecule has 1 aromatic heterocycles. The molecule has 1 fully saturated rings. The molecule has 0 bridgehead atoms. The van der Waals surface area contributed by atoms with E-state index in [0.29, 0.717) is 18.1 Å². The van der Waals surface area contributed by atoms with Crippen LogP contribution in [-0.2, 0) is 11.2 Å². The van der Waals surface area contributed by atoms with Crippen LogP contribution < -0.4 is 0 Å². The number of ketones is 1. The van der Waals surface area contributed by atoms with E-state index in [4.69, 9.17) is 0 Å². The standard InChI is InChI=1S/C14H23N3O/c1-10(2)17-14(15-9-16-17)8-13(18)12-6-4-5-11(3)7-12/h9-12H,4-8H2,1-3H3. The first-order valence-electron chi connectivity index (χ1n) is 6.99. The fourth-order valence-electron chi connectivity index (χ4n) is 2.86. The summed E-state index contributed by atoms with van der Waals surface area (Å²) in [5.41, 5.74) is 0. The van der Waals surface area contributed by atoms with E-state index >= 15 is 0 Å². The summed E-state index contributed by atoms with van der Waals surface area (Å²) >= 11 is 0. The summed E-state index contributed by atoms with van der Waals surface area (Å²) in [7, 11) is 0. The molecule has 2 unspecified atom stereocenters. The number of hydrogen-bond acceptors (Lipinski definition) is 3. The maximum absolute atomic E-state index is 12.3. The maximum Gasteiger partial charge on any atom is 0.143 e. The number of carbonyl (C=O) groups is 1. The van der Waals surface area contributed by atoms with Gasteiger partial charge in [0, 0.05) is 12.0 Å². The van der Waals surface area contributed by atoms with E-state index in [1.807, 2.05) is 4.68 Å². The minimum absolute atomic E-state index is 0.242. The molecule has 1 aromatic rings. The Morgan fingerprint density at radius 2 is 2.28 bits per heavy atom. The highest BCUT2D eigenvalue weighted by Gasteiger charge is 2.26. The lowest BCUT2D eigenvalue weighted by Gasteiger charge is -2.25. The fraction of sp³-hybridized carbons (Fsp3) is 0.786. The summed E-state index contributed by atoms with van der Waals surface area (Å²) in [5, 5.41) is 4.18. The fourth-order valence-corrected chi connectivity index (χ4v) is 2.86. The van der Waals surface area contributed by atoms with Gasteiger partial charge in [-0.05, 0) is 32.6 Å². The topological polar surface area (TPSA) is 47.8 Å². The zero-order valence-electron chi connectivity index (χ0n) is 11.6. The second-order valence-electron chi connectivity index (χ2n) is 5.83. The third-order valence-corrected chi connectivity index (χ3v) is 3.86. The number of aromatic nitrogens is 3. The van der Waals surface area contributed by atoms with E-state index in [1.165, 1.54) is 12.8 Å². The van der Waals surface area contributed by atoms with Gasteiger partial charge >= 0.3 is 0 Å². The van der Waals surface area contributed by atoms with Crippen LogP contribution in [0.4, 0.5) is 0 Å². The average Bonchev–Trinajstić information content (AvgIpc) is 2.77. The number of carbonyl (C=O) groups excluding carboxylic acids is 1. The van der Waals surface area contributed by atoms with Crippen molar-refractivity contribution in [1.82, 2.24) is 14.8 Å². The van der Waals surface area contributed by atoms with Crippen LogP contribution in [0.25, 0.3) is 0 Å². The van der Waals surface area contributed by atoms with E-state index in [2.05, 4.69) is 30.9 Å². The van der Waals surface area contributed by atoms with Crippen molar-refractivity contribution in [2.24, 2.45) is 11.8 Å². The molecule has 0 amide bonds. The van der Waals surface area contributed by atoms with Gasteiger partial charge in [0.05, 0.1) is 6.42 Å². The van der Waals surface area contributed by atoms with Crippen LogP contribution in [0, 0.1) is 11.8 Å². The highest BCUT2D eigenvalue weighted by atomic mass is 16.1. The molecule has 0 spiro atoms. The van der Waals surface area contributed by atoms with Gasteiger partial charge in [0.15, 0.2) is 0 Å². The Kier molecular flexibility index (Phi) is 4.15. The smallest absolute Gasteiger partial charge is 0.143 e. The van der Waals surface area contributed by atoms with E-state index in [0.717, 1.165) is 18.7 Å². The molecule has 2 atom stereocenters. The number of hydrogen-bond donors (Lipinski definition) is 0. The molecular formula is C14H23N3O. The van der Waals surface area contributed by atoms with E-state index in [9.17, 15) is 4.79 Å². The molecule has 0 N–H and O–H groups in total. The van der Waals surface area contributed by atoms with Crippen molar-refractivity contribution in [2.75, 3.05) is 0 Å². The Morgan fingerprint density at radius 3 is 2.94 bits per heavy atom. The quantitative estimate of drug-likeness (QED) is 0.824. The van der Waals surface area contributed by atoms with Gasteiger partial charge in [-0.2, -0.15) is 5.10 Å². The summed E-state index contributed by atoms with van der Waals surface area (Å²) in [6, 6.07) is 0.264. The molecule has 1 heterocycles. The molecule has 0 saturated heterocycles. The molecule has 0 aromatic carbocycles. The van der Waals surface area contributed by atoms with Crippen LogP contribution >= 0.6 is 0 Å². The van der Waals surface area contributed by atoms with Crippen LogP contribution in [0.15, 0.2) is 6.33 Å². The van der Waals surface area contributed by atoms with Crippen molar-refractivity contribution in [1.29, 1.82) is 0 Å². The molecule has 4 heteroatoms. The van der Waals surface area contributed by atoms with Gasteiger partial charge in [-0.1, -0.05) is 19.8 Å². The lowest BCUT2D eigenvalue weighted by Crippen LogP contribution is -2.24. The van der Waals surface area contributed by atoms with Gasteiger partial charge in [0.1, 0.15) is 17.9 Å². The van der Waals surface area contributed by atoms with Crippen LogP contribution in [0.1, 0.15) is 58.3 Å². The molecule has 1 aliphatic carbocycles. The maximum atomic E-state index is 12.3. The Balaban J connectivity index is 2.00. The van der Waals surface area contributed by atoms with Gasteiger partial charge < -0.3 is 0 Å². The SMILES string of the molecule is CC1CCCC(C(=O)Cc2ncnn2C(C)C)C1. The molecule has 0 radical (unpaired) electrons. The summed E-state index contributed by atoms with van der Waals surface area (Å²) in [4.78, 5) is 16.5. The Hall–Kier alpha value is -1.19. The first-order chi connectivity index (χ1) is 8.58. The van der Waals surface area contributed by atoms with Gasteiger partial charge in [-0.15, -0.1) is 0 Å². The zero-order chi connectivity index (χ0) is 13.1. The van der Waals surface area contributed by atoms with Gasteiger partial charge in [-0.25, -0.2) is 9.67 Å². The van der Waals surface area contributed by atoms with Crippen molar-refractivity contribution in [3.8, 4) is 0 Å². The lowest BCUT2D eigenvalue weighted by atomic mass is 9.79. The van der Waals surface area contributed by atoms with Crippen LogP contribution in [0.3, 0.4) is 0 Å². The first-order valence-corrected chi connectivity index (χ1v) is 6.99. The minimum atomic E-state index is 0.242. The normalized spacial score (nSPS) is 24.4.